The number of methoxy groups -OCH3 is 1. The summed E-state index contributed by atoms with van der Waals surface area (Å²) in [5, 5.41) is 24.2. The Hall–Kier alpha value is -2.98. The van der Waals surface area contributed by atoms with E-state index in [2.05, 4.69) is 5.32 Å². The third kappa shape index (κ3) is 3.75. The van der Waals surface area contributed by atoms with Crippen molar-refractivity contribution in [2.45, 2.75) is 17.9 Å². The quantitative estimate of drug-likeness (QED) is 0.542. The summed E-state index contributed by atoms with van der Waals surface area (Å²) in [4.78, 5) is 25.1. The van der Waals surface area contributed by atoms with Crippen LogP contribution in [0.25, 0.3) is 0 Å². The van der Waals surface area contributed by atoms with Crippen LogP contribution in [0.1, 0.15) is 22.0 Å². The highest BCUT2D eigenvalue weighted by molar-refractivity contribution is 6.30. The van der Waals surface area contributed by atoms with Gasteiger partial charge in [0.25, 0.3) is 0 Å². The number of amides is 2. The lowest BCUT2D eigenvalue weighted by Gasteiger charge is -2.45. The van der Waals surface area contributed by atoms with Crippen LogP contribution in [0.15, 0.2) is 42.5 Å². The fourth-order valence-electron chi connectivity index (χ4n) is 3.30. The molecule has 0 aliphatic carbocycles. The molecule has 0 saturated carbocycles. The summed E-state index contributed by atoms with van der Waals surface area (Å²) >= 11 is 5.78. The standard InChI is InChI=1S/C19H16ClF3N2O5/c1-30-13-8-10(4-7-12(13)26)15-14(16(27)9-2-5-11(20)6-3-9)18(29,19(21,22)23)25-17(28)24-15/h2-8,14-15,26,29H,1H3,(H2,24,25,28)/t14-,15+,18-/m0/s1. The van der Waals surface area contributed by atoms with Crippen molar-refractivity contribution in [1.82, 2.24) is 10.6 Å². The van der Waals surface area contributed by atoms with E-state index in [4.69, 9.17) is 16.3 Å². The van der Waals surface area contributed by atoms with Crippen molar-refractivity contribution >= 4 is 23.4 Å². The number of benzene rings is 2. The first-order chi connectivity index (χ1) is 14.0. The van der Waals surface area contributed by atoms with Crippen molar-refractivity contribution in [2.75, 3.05) is 7.11 Å². The summed E-state index contributed by atoms with van der Waals surface area (Å²) < 4.78 is 46.5. The molecule has 0 spiro atoms. The van der Waals surface area contributed by atoms with Gasteiger partial charge in [0.1, 0.15) is 5.92 Å². The van der Waals surface area contributed by atoms with Crippen LogP contribution < -0.4 is 15.4 Å². The SMILES string of the molecule is COc1cc([C@H]2NC(=O)N[C@@](O)(C(F)(F)F)[C@@H]2C(=O)c2ccc(Cl)cc2)ccc1O. The van der Waals surface area contributed by atoms with Crippen molar-refractivity contribution in [1.29, 1.82) is 0 Å². The Labute approximate surface area is 173 Å². The number of aromatic hydroxyl groups is 1. The maximum absolute atomic E-state index is 13.9. The molecule has 11 heteroatoms. The number of rotatable bonds is 4. The third-order valence-corrected chi connectivity index (χ3v) is 5.03. The summed E-state index contributed by atoms with van der Waals surface area (Å²) in [5.41, 5.74) is -4.00. The number of Topliss-reactive ketones (excluding diaryl/α,β-unsaturated/α-hetero) is 1. The second-order valence-electron chi connectivity index (χ2n) is 6.62. The predicted octanol–water partition coefficient (Wildman–Crippen LogP) is 3.16. The average Bonchev–Trinajstić information content (AvgIpc) is 2.67. The van der Waals surface area contributed by atoms with Crippen molar-refractivity contribution in [3.8, 4) is 11.5 Å². The average molecular weight is 445 g/mol. The van der Waals surface area contributed by atoms with Gasteiger partial charge in [-0.2, -0.15) is 13.2 Å². The van der Waals surface area contributed by atoms with Gasteiger partial charge in [0.2, 0.25) is 5.72 Å². The largest absolute Gasteiger partial charge is 0.504 e. The molecule has 2 aromatic carbocycles. The highest BCUT2D eigenvalue weighted by Crippen LogP contribution is 2.45. The summed E-state index contributed by atoms with van der Waals surface area (Å²) in [5.74, 6) is -3.68. The number of carbonyl (C=O) groups is 2. The molecule has 1 aliphatic rings. The van der Waals surface area contributed by atoms with E-state index in [-0.39, 0.29) is 27.6 Å². The first kappa shape index (κ1) is 21.7. The van der Waals surface area contributed by atoms with Crippen LogP contribution >= 0.6 is 11.6 Å². The van der Waals surface area contributed by atoms with Gasteiger partial charge in [0.05, 0.1) is 13.2 Å². The number of carbonyl (C=O) groups excluding carboxylic acids is 2. The number of phenolic OH excluding ortho intramolecular Hbond substituents is 1. The minimum atomic E-state index is -5.38. The molecule has 0 radical (unpaired) electrons. The summed E-state index contributed by atoms with van der Waals surface area (Å²) in [6.45, 7) is 0. The maximum Gasteiger partial charge on any atom is 0.437 e. The van der Waals surface area contributed by atoms with Gasteiger partial charge < -0.3 is 25.6 Å². The summed E-state index contributed by atoms with van der Waals surface area (Å²) in [7, 11) is 1.22. The molecule has 2 amide bonds. The van der Waals surface area contributed by atoms with Crippen molar-refractivity contribution in [3.63, 3.8) is 0 Å². The second kappa shape index (κ2) is 7.69. The zero-order valence-electron chi connectivity index (χ0n) is 15.3. The van der Waals surface area contributed by atoms with Crippen LogP contribution in [0.2, 0.25) is 5.02 Å². The minimum absolute atomic E-state index is 0.00879. The van der Waals surface area contributed by atoms with Gasteiger partial charge in [-0.1, -0.05) is 17.7 Å². The van der Waals surface area contributed by atoms with E-state index >= 15 is 0 Å². The lowest BCUT2D eigenvalue weighted by atomic mass is 9.77. The molecule has 1 saturated heterocycles. The van der Waals surface area contributed by atoms with Crippen LogP contribution in [-0.2, 0) is 0 Å². The fourth-order valence-corrected chi connectivity index (χ4v) is 3.42. The van der Waals surface area contributed by atoms with Crippen LogP contribution in [0, 0.1) is 5.92 Å². The molecule has 3 rings (SSSR count). The molecule has 4 N–H and O–H groups in total. The monoisotopic (exact) mass is 444 g/mol. The molecule has 0 unspecified atom stereocenters. The normalized spacial score (nSPS) is 24.0. The topological polar surface area (TPSA) is 108 Å². The molecule has 160 valence electrons. The predicted molar refractivity (Wildman–Crippen MR) is 99.3 cm³/mol. The fraction of sp³-hybridized carbons (Fsp3) is 0.263. The molecule has 7 nitrogen and oxygen atoms in total. The number of hydrogen-bond acceptors (Lipinski definition) is 5. The molecule has 2 aromatic rings. The van der Waals surface area contributed by atoms with E-state index in [9.17, 15) is 33.0 Å². The summed E-state index contributed by atoms with van der Waals surface area (Å²) in [6.07, 6.45) is -5.38. The summed E-state index contributed by atoms with van der Waals surface area (Å²) in [6, 6.07) is 5.66. The van der Waals surface area contributed by atoms with Gasteiger partial charge in [-0.25, -0.2) is 4.79 Å². The second-order valence-corrected chi connectivity index (χ2v) is 7.06. The van der Waals surface area contributed by atoms with E-state index in [1.807, 2.05) is 0 Å². The minimum Gasteiger partial charge on any atom is -0.504 e. The van der Waals surface area contributed by atoms with Gasteiger partial charge in [0, 0.05) is 10.6 Å². The number of nitrogens with one attached hydrogen (secondary N) is 2. The Morgan fingerprint density at radius 3 is 2.40 bits per heavy atom. The molecule has 30 heavy (non-hydrogen) atoms. The number of ether oxygens (including phenoxy) is 1. The molecule has 0 aromatic heterocycles. The van der Waals surface area contributed by atoms with E-state index in [1.165, 1.54) is 48.8 Å². The van der Waals surface area contributed by atoms with Crippen molar-refractivity contribution < 1.29 is 37.7 Å². The Kier molecular flexibility index (Phi) is 5.57. The number of ketones is 1. The molecular formula is C19H16ClF3N2O5. The Balaban J connectivity index is 2.18. The zero-order chi connectivity index (χ0) is 22.3. The number of halogens is 4. The highest BCUT2D eigenvalue weighted by Gasteiger charge is 2.66. The maximum atomic E-state index is 13.9. The Morgan fingerprint density at radius 2 is 1.83 bits per heavy atom. The lowest BCUT2D eigenvalue weighted by molar-refractivity contribution is -0.287. The van der Waals surface area contributed by atoms with E-state index in [0.717, 1.165) is 6.07 Å². The number of alkyl halides is 3. The van der Waals surface area contributed by atoms with E-state index in [1.54, 1.807) is 0 Å². The number of hydrogen-bond donors (Lipinski definition) is 4. The van der Waals surface area contributed by atoms with Crippen LogP contribution in [0.5, 0.6) is 11.5 Å². The van der Waals surface area contributed by atoms with Gasteiger partial charge in [-0.05, 0) is 42.0 Å². The molecule has 0 bridgehead atoms. The molecular weight excluding hydrogens is 429 g/mol. The van der Waals surface area contributed by atoms with Gasteiger partial charge in [-0.15, -0.1) is 0 Å². The highest BCUT2D eigenvalue weighted by atomic mass is 35.5. The van der Waals surface area contributed by atoms with Gasteiger partial charge in [0.15, 0.2) is 17.3 Å². The van der Waals surface area contributed by atoms with E-state index < -0.39 is 35.7 Å². The first-order valence-corrected chi connectivity index (χ1v) is 8.90. The smallest absolute Gasteiger partial charge is 0.437 e. The zero-order valence-corrected chi connectivity index (χ0v) is 16.1. The van der Waals surface area contributed by atoms with Crippen LogP contribution in [0.4, 0.5) is 18.0 Å². The first-order valence-electron chi connectivity index (χ1n) is 8.52. The van der Waals surface area contributed by atoms with Crippen molar-refractivity contribution in [2.24, 2.45) is 5.92 Å². The molecule has 1 aliphatic heterocycles. The Morgan fingerprint density at radius 1 is 1.20 bits per heavy atom. The van der Waals surface area contributed by atoms with E-state index in [0.29, 0.717) is 0 Å². The number of urea groups is 1. The molecule has 3 atom stereocenters. The van der Waals surface area contributed by atoms with Crippen molar-refractivity contribution in [3.05, 3.63) is 58.6 Å². The molecule has 1 fully saturated rings. The molecule has 1 heterocycles. The van der Waals surface area contributed by atoms with Gasteiger partial charge in [-0.3, -0.25) is 4.79 Å². The number of phenols is 1. The van der Waals surface area contributed by atoms with Crippen LogP contribution in [-0.4, -0.2) is 41.0 Å². The Bertz CT molecular complexity index is 983. The van der Waals surface area contributed by atoms with Crippen LogP contribution in [0.3, 0.4) is 0 Å². The lowest BCUT2D eigenvalue weighted by Crippen LogP contribution is -2.72. The number of aliphatic hydroxyl groups is 1. The third-order valence-electron chi connectivity index (χ3n) is 4.78. The van der Waals surface area contributed by atoms with Gasteiger partial charge >= 0.3 is 12.2 Å².